The van der Waals surface area contributed by atoms with Gasteiger partial charge in [0, 0.05) is 6.04 Å². The van der Waals surface area contributed by atoms with Gasteiger partial charge in [-0.05, 0) is 31.6 Å². The lowest BCUT2D eigenvalue weighted by atomic mass is 10.1. The lowest BCUT2D eigenvalue weighted by Crippen LogP contribution is -2.34. The predicted molar refractivity (Wildman–Crippen MR) is 83.5 cm³/mol. The summed E-state index contributed by atoms with van der Waals surface area (Å²) in [5.74, 6) is -1.19. The minimum absolute atomic E-state index is 0.0110. The summed E-state index contributed by atoms with van der Waals surface area (Å²) in [6.07, 6.45) is 1.59. The van der Waals surface area contributed by atoms with Crippen LogP contribution in [0, 0.1) is 0 Å². The molecular formula is C14H13NO3S2. The van der Waals surface area contributed by atoms with Crippen molar-refractivity contribution in [1.82, 2.24) is 4.90 Å². The van der Waals surface area contributed by atoms with E-state index in [0.29, 0.717) is 14.8 Å². The van der Waals surface area contributed by atoms with Gasteiger partial charge in [0.05, 0.1) is 10.5 Å². The van der Waals surface area contributed by atoms with Gasteiger partial charge in [0.15, 0.2) is 0 Å². The molecule has 1 aliphatic heterocycles. The van der Waals surface area contributed by atoms with Gasteiger partial charge in [-0.3, -0.25) is 9.69 Å². The number of thiocarbonyl (C=S) groups is 1. The van der Waals surface area contributed by atoms with Gasteiger partial charge in [0.25, 0.3) is 5.91 Å². The molecule has 0 unspecified atom stereocenters. The lowest BCUT2D eigenvalue weighted by molar-refractivity contribution is -0.123. The first kappa shape index (κ1) is 14.7. The van der Waals surface area contributed by atoms with Crippen LogP contribution in [0.1, 0.15) is 29.8 Å². The zero-order valence-electron chi connectivity index (χ0n) is 11.0. The molecule has 0 atom stereocenters. The molecule has 1 N–H and O–H groups in total. The first-order chi connectivity index (χ1) is 9.41. The number of carboxylic acid groups (broad SMARTS) is 1. The fourth-order valence-electron chi connectivity index (χ4n) is 1.88. The maximum atomic E-state index is 12.2. The molecule has 0 aromatic heterocycles. The summed E-state index contributed by atoms with van der Waals surface area (Å²) in [6.45, 7) is 3.78. The van der Waals surface area contributed by atoms with Gasteiger partial charge < -0.3 is 5.11 Å². The number of carbonyl (C=O) groups excluding carboxylic acids is 1. The molecule has 1 aromatic rings. The Bertz CT molecular complexity index is 623. The first-order valence-corrected chi connectivity index (χ1v) is 7.23. The van der Waals surface area contributed by atoms with Crippen molar-refractivity contribution in [3.8, 4) is 0 Å². The van der Waals surface area contributed by atoms with Crippen molar-refractivity contribution in [1.29, 1.82) is 0 Å². The highest BCUT2D eigenvalue weighted by Crippen LogP contribution is 2.34. The molecule has 20 heavy (non-hydrogen) atoms. The summed E-state index contributed by atoms with van der Waals surface area (Å²) in [4.78, 5) is 25.4. The number of aromatic carboxylic acids is 1. The van der Waals surface area contributed by atoms with Crippen LogP contribution in [0.5, 0.6) is 0 Å². The topological polar surface area (TPSA) is 57.6 Å². The fourth-order valence-corrected chi connectivity index (χ4v) is 3.40. The smallest absolute Gasteiger partial charge is 0.336 e. The van der Waals surface area contributed by atoms with Crippen molar-refractivity contribution in [2.24, 2.45) is 0 Å². The van der Waals surface area contributed by atoms with E-state index in [0.717, 1.165) is 0 Å². The van der Waals surface area contributed by atoms with Gasteiger partial charge in [0.2, 0.25) is 0 Å². The number of hydrogen-bond donors (Lipinski definition) is 1. The van der Waals surface area contributed by atoms with Crippen LogP contribution >= 0.6 is 24.0 Å². The van der Waals surface area contributed by atoms with Gasteiger partial charge in [-0.2, -0.15) is 0 Å². The summed E-state index contributed by atoms with van der Waals surface area (Å²) in [5.41, 5.74) is 0.673. The summed E-state index contributed by atoms with van der Waals surface area (Å²) >= 11 is 6.38. The molecule has 1 heterocycles. The van der Waals surface area contributed by atoms with Crippen LogP contribution in [0.25, 0.3) is 6.08 Å². The molecule has 1 fully saturated rings. The number of carbonyl (C=O) groups is 2. The molecule has 4 nitrogen and oxygen atoms in total. The third-order valence-corrected chi connectivity index (χ3v) is 4.15. The van der Waals surface area contributed by atoms with Gasteiger partial charge in [-0.1, -0.05) is 42.2 Å². The third-order valence-electron chi connectivity index (χ3n) is 2.82. The third kappa shape index (κ3) is 2.76. The molecular weight excluding hydrogens is 294 g/mol. The quantitative estimate of drug-likeness (QED) is 0.687. The van der Waals surface area contributed by atoms with E-state index in [2.05, 4.69) is 0 Å². The molecule has 0 radical (unpaired) electrons. The van der Waals surface area contributed by atoms with E-state index < -0.39 is 5.97 Å². The normalized spacial score (nSPS) is 17.4. The number of carboxylic acids is 1. The van der Waals surface area contributed by atoms with Crippen molar-refractivity contribution in [2.45, 2.75) is 19.9 Å². The molecule has 0 saturated carbocycles. The van der Waals surface area contributed by atoms with Gasteiger partial charge >= 0.3 is 5.97 Å². The van der Waals surface area contributed by atoms with E-state index in [9.17, 15) is 9.59 Å². The summed E-state index contributed by atoms with van der Waals surface area (Å²) in [5, 5.41) is 9.14. The van der Waals surface area contributed by atoms with Gasteiger partial charge in [-0.25, -0.2) is 4.79 Å². The van der Waals surface area contributed by atoms with Crippen LogP contribution < -0.4 is 0 Å². The van der Waals surface area contributed by atoms with Gasteiger partial charge in [-0.15, -0.1) is 0 Å². The molecule has 104 valence electrons. The van der Waals surface area contributed by atoms with Crippen molar-refractivity contribution in [3.63, 3.8) is 0 Å². The Hall–Kier alpha value is -1.66. The average Bonchev–Trinajstić information content (AvgIpc) is 2.64. The Labute approximate surface area is 126 Å². The molecule has 1 aliphatic rings. The van der Waals surface area contributed by atoms with Crippen molar-refractivity contribution in [2.75, 3.05) is 0 Å². The number of benzene rings is 1. The standard InChI is InChI=1S/C14H13NO3S2/c1-8(2)15-12(16)11(20-14(15)19)7-9-5-3-4-6-10(9)13(17)18/h3-8H,1-2H3,(H,17,18). The molecule has 0 aliphatic carbocycles. The second kappa shape index (κ2) is 5.76. The molecule has 6 heteroatoms. The molecule has 1 saturated heterocycles. The number of rotatable bonds is 3. The average molecular weight is 307 g/mol. The Morgan fingerprint density at radius 2 is 2.05 bits per heavy atom. The second-order valence-electron chi connectivity index (χ2n) is 4.54. The monoisotopic (exact) mass is 307 g/mol. The Morgan fingerprint density at radius 3 is 2.60 bits per heavy atom. The molecule has 1 amide bonds. The Morgan fingerprint density at radius 1 is 1.40 bits per heavy atom. The van der Waals surface area contributed by atoms with Crippen LogP contribution in [0.2, 0.25) is 0 Å². The van der Waals surface area contributed by atoms with Crippen LogP contribution in [-0.2, 0) is 4.79 Å². The fraction of sp³-hybridized carbons (Fsp3) is 0.214. The number of hydrogen-bond acceptors (Lipinski definition) is 4. The minimum atomic E-state index is -1.02. The largest absolute Gasteiger partial charge is 0.478 e. The maximum Gasteiger partial charge on any atom is 0.336 e. The SMILES string of the molecule is CC(C)N1C(=O)C(=Cc2ccccc2C(=O)O)SC1=S. The summed E-state index contributed by atoms with van der Waals surface area (Å²) in [6, 6.07) is 6.56. The highest BCUT2D eigenvalue weighted by molar-refractivity contribution is 8.26. The molecule has 2 rings (SSSR count). The van der Waals surface area contributed by atoms with Crippen LogP contribution in [-0.4, -0.2) is 32.2 Å². The zero-order valence-corrected chi connectivity index (χ0v) is 12.6. The number of thioether (sulfide) groups is 1. The van der Waals surface area contributed by atoms with Crippen molar-refractivity contribution in [3.05, 3.63) is 40.3 Å². The maximum absolute atomic E-state index is 12.2. The predicted octanol–water partition coefficient (Wildman–Crippen LogP) is 2.99. The summed E-state index contributed by atoms with van der Waals surface area (Å²) < 4.78 is 0.504. The highest BCUT2D eigenvalue weighted by Gasteiger charge is 2.33. The number of nitrogens with zero attached hydrogens (tertiary/aromatic N) is 1. The van der Waals surface area contributed by atoms with Crippen molar-refractivity contribution < 1.29 is 14.7 Å². The molecule has 1 aromatic carbocycles. The van der Waals surface area contributed by atoms with Crippen LogP contribution in [0.4, 0.5) is 0 Å². The van der Waals surface area contributed by atoms with E-state index in [4.69, 9.17) is 17.3 Å². The van der Waals surface area contributed by atoms with Crippen molar-refractivity contribution >= 4 is 46.3 Å². The van der Waals surface area contributed by atoms with E-state index in [-0.39, 0.29) is 17.5 Å². The Balaban J connectivity index is 2.41. The van der Waals surface area contributed by atoms with E-state index in [1.54, 1.807) is 24.3 Å². The minimum Gasteiger partial charge on any atom is -0.478 e. The zero-order chi connectivity index (χ0) is 14.9. The van der Waals surface area contributed by atoms with Crippen LogP contribution in [0.3, 0.4) is 0 Å². The van der Waals surface area contributed by atoms with E-state index in [1.165, 1.54) is 22.7 Å². The van der Waals surface area contributed by atoms with Gasteiger partial charge in [0.1, 0.15) is 4.32 Å². The van der Waals surface area contributed by atoms with Crippen LogP contribution in [0.15, 0.2) is 29.2 Å². The Kier molecular flexibility index (Phi) is 4.25. The van der Waals surface area contributed by atoms with E-state index in [1.807, 2.05) is 13.8 Å². The highest BCUT2D eigenvalue weighted by atomic mass is 32.2. The molecule has 0 bridgehead atoms. The number of amides is 1. The molecule has 0 spiro atoms. The summed E-state index contributed by atoms with van der Waals surface area (Å²) in [7, 11) is 0. The first-order valence-electron chi connectivity index (χ1n) is 6.01. The van der Waals surface area contributed by atoms with E-state index >= 15 is 0 Å². The lowest BCUT2D eigenvalue weighted by Gasteiger charge is -2.18. The second-order valence-corrected chi connectivity index (χ2v) is 6.21.